The fourth-order valence-corrected chi connectivity index (χ4v) is 2.01. The Morgan fingerprint density at radius 2 is 1.82 bits per heavy atom. The summed E-state index contributed by atoms with van der Waals surface area (Å²) in [6.45, 7) is 0. The van der Waals surface area contributed by atoms with Crippen LogP contribution in [0.2, 0.25) is 0 Å². The first-order valence-corrected chi connectivity index (χ1v) is 6.35. The van der Waals surface area contributed by atoms with E-state index >= 15 is 0 Å². The number of amides is 1. The summed E-state index contributed by atoms with van der Waals surface area (Å²) in [7, 11) is 0. The number of pyridine rings is 1. The lowest BCUT2D eigenvalue weighted by atomic mass is 10.1. The summed E-state index contributed by atoms with van der Waals surface area (Å²) in [5.41, 5.74) is 0.703. The highest BCUT2D eigenvalue weighted by molar-refractivity contribution is 6.04. The van der Waals surface area contributed by atoms with Crippen molar-refractivity contribution in [2.45, 2.75) is 6.18 Å². The van der Waals surface area contributed by atoms with Crippen LogP contribution < -0.4 is 5.32 Å². The summed E-state index contributed by atoms with van der Waals surface area (Å²) in [6, 6.07) is 9.21. The number of nitrogens with zero attached hydrogens (tertiary/aromatic N) is 2. The number of carbonyl (C=O) groups excluding carboxylic acids is 1. The quantitative estimate of drug-likeness (QED) is 0.786. The first-order chi connectivity index (χ1) is 10.4. The zero-order valence-electron chi connectivity index (χ0n) is 11.1. The number of carbonyl (C=O) groups is 1. The number of benzene rings is 1. The van der Waals surface area contributed by atoms with E-state index in [9.17, 15) is 18.0 Å². The second-order valence-corrected chi connectivity index (χ2v) is 4.65. The largest absolute Gasteiger partial charge is 0.416 e. The van der Waals surface area contributed by atoms with Crippen molar-refractivity contribution >= 4 is 17.1 Å². The Morgan fingerprint density at radius 1 is 1.09 bits per heavy atom. The van der Waals surface area contributed by atoms with Gasteiger partial charge in [-0.25, -0.2) is 4.52 Å². The lowest BCUT2D eigenvalue weighted by molar-refractivity contribution is -0.137. The molecule has 1 aromatic carbocycles. The van der Waals surface area contributed by atoms with E-state index in [1.54, 1.807) is 35.1 Å². The molecule has 0 aliphatic carbocycles. The van der Waals surface area contributed by atoms with E-state index in [1.807, 2.05) is 0 Å². The minimum atomic E-state index is -4.41. The molecule has 0 saturated carbocycles. The average Bonchev–Trinajstić information content (AvgIpc) is 2.94. The molecule has 7 heteroatoms. The Morgan fingerprint density at radius 3 is 2.50 bits per heavy atom. The Kier molecular flexibility index (Phi) is 3.32. The molecule has 1 amide bonds. The third-order valence-corrected chi connectivity index (χ3v) is 3.13. The van der Waals surface area contributed by atoms with Gasteiger partial charge in [-0.05, 0) is 42.5 Å². The van der Waals surface area contributed by atoms with Crippen molar-refractivity contribution in [2.24, 2.45) is 0 Å². The number of alkyl halides is 3. The van der Waals surface area contributed by atoms with Gasteiger partial charge in [0.15, 0.2) is 0 Å². The van der Waals surface area contributed by atoms with E-state index in [4.69, 9.17) is 0 Å². The number of rotatable bonds is 2. The highest BCUT2D eigenvalue weighted by Gasteiger charge is 2.30. The van der Waals surface area contributed by atoms with Gasteiger partial charge in [0.1, 0.15) is 0 Å². The molecule has 3 rings (SSSR count). The SMILES string of the molecule is O=C(Nc1ccn2nccc2c1)c1ccc(C(F)(F)F)cc1. The van der Waals surface area contributed by atoms with Crippen molar-refractivity contribution in [2.75, 3.05) is 5.32 Å². The lowest BCUT2D eigenvalue weighted by Crippen LogP contribution is -2.13. The molecule has 0 fully saturated rings. The number of halogens is 3. The molecule has 3 aromatic rings. The molecule has 0 aliphatic rings. The van der Waals surface area contributed by atoms with Crippen molar-refractivity contribution in [3.63, 3.8) is 0 Å². The summed E-state index contributed by atoms with van der Waals surface area (Å²) < 4.78 is 39.1. The van der Waals surface area contributed by atoms with Crippen LogP contribution in [0.1, 0.15) is 15.9 Å². The van der Waals surface area contributed by atoms with Crippen molar-refractivity contribution in [1.29, 1.82) is 0 Å². The molecule has 0 unspecified atom stereocenters. The minimum Gasteiger partial charge on any atom is -0.322 e. The number of hydrogen-bond donors (Lipinski definition) is 1. The number of anilines is 1. The van der Waals surface area contributed by atoms with E-state index in [1.165, 1.54) is 0 Å². The highest BCUT2D eigenvalue weighted by Crippen LogP contribution is 2.29. The average molecular weight is 305 g/mol. The van der Waals surface area contributed by atoms with Gasteiger partial charge in [0.2, 0.25) is 0 Å². The van der Waals surface area contributed by atoms with Gasteiger partial charge >= 0.3 is 6.18 Å². The fourth-order valence-electron chi connectivity index (χ4n) is 2.01. The third-order valence-electron chi connectivity index (χ3n) is 3.13. The lowest BCUT2D eigenvalue weighted by Gasteiger charge is -2.08. The van der Waals surface area contributed by atoms with Crippen LogP contribution in [-0.2, 0) is 6.18 Å². The number of hydrogen-bond acceptors (Lipinski definition) is 2. The Hall–Kier alpha value is -2.83. The zero-order chi connectivity index (χ0) is 15.7. The van der Waals surface area contributed by atoms with Gasteiger partial charge < -0.3 is 5.32 Å². The van der Waals surface area contributed by atoms with Crippen molar-refractivity contribution in [3.05, 3.63) is 66.0 Å². The summed E-state index contributed by atoms with van der Waals surface area (Å²) in [6.07, 6.45) is -1.11. The van der Waals surface area contributed by atoms with Crippen molar-refractivity contribution in [3.8, 4) is 0 Å². The van der Waals surface area contributed by atoms with Gasteiger partial charge in [0, 0.05) is 23.6 Å². The van der Waals surface area contributed by atoms with Gasteiger partial charge in [-0.15, -0.1) is 0 Å². The number of aromatic nitrogens is 2. The van der Waals surface area contributed by atoms with E-state index in [0.717, 1.165) is 29.8 Å². The van der Waals surface area contributed by atoms with Crippen molar-refractivity contribution in [1.82, 2.24) is 9.61 Å². The second kappa shape index (κ2) is 5.18. The van der Waals surface area contributed by atoms with E-state index in [2.05, 4.69) is 10.4 Å². The van der Waals surface area contributed by atoms with Gasteiger partial charge in [-0.3, -0.25) is 4.79 Å². The smallest absolute Gasteiger partial charge is 0.322 e. The van der Waals surface area contributed by atoms with Crippen LogP contribution >= 0.6 is 0 Å². The molecule has 4 nitrogen and oxygen atoms in total. The van der Waals surface area contributed by atoms with Crippen LogP contribution in [0.5, 0.6) is 0 Å². The molecule has 22 heavy (non-hydrogen) atoms. The van der Waals surface area contributed by atoms with Crippen LogP contribution in [0, 0.1) is 0 Å². The summed E-state index contributed by atoms with van der Waals surface area (Å²) in [4.78, 5) is 12.0. The Balaban J connectivity index is 1.78. The minimum absolute atomic E-state index is 0.154. The topological polar surface area (TPSA) is 46.4 Å². The molecule has 0 spiro atoms. The second-order valence-electron chi connectivity index (χ2n) is 4.65. The van der Waals surface area contributed by atoms with E-state index in [-0.39, 0.29) is 5.56 Å². The highest BCUT2D eigenvalue weighted by atomic mass is 19.4. The van der Waals surface area contributed by atoms with Gasteiger partial charge in [0.25, 0.3) is 5.91 Å². The molecule has 0 saturated heterocycles. The third kappa shape index (κ3) is 2.78. The zero-order valence-corrected chi connectivity index (χ0v) is 11.1. The van der Waals surface area contributed by atoms with Crippen LogP contribution in [0.3, 0.4) is 0 Å². The molecule has 0 radical (unpaired) electrons. The van der Waals surface area contributed by atoms with Gasteiger partial charge in [0.05, 0.1) is 11.1 Å². The Labute approximate surface area is 123 Å². The van der Waals surface area contributed by atoms with Crippen LogP contribution in [-0.4, -0.2) is 15.5 Å². The molecule has 2 aromatic heterocycles. The predicted molar refractivity (Wildman–Crippen MR) is 74.6 cm³/mol. The van der Waals surface area contributed by atoms with Crippen LogP contribution in [0.25, 0.3) is 5.52 Å². The maximum Gasteiger partial charge on any atom is 0.416 e. The molecule has 0 aliphatic heterocycles. The number of nitrogens with one attached hydrogen (secondary N) is 1. The van der Waals surface area contributed by atoms with E-state index < -0.39 is 17.6 Å². The molecular formula is C15H10F3N3O. The van der Waals surface area contributed by atoms with E-state index in [0.29, 0.717) is 5.69 Å². The number of fused-ring (bicyclic) bond motifs is 1. The van der Waals surface area contributed by atoms with Crippen LogP contribution in [0.15, 0.2) is 54.9 Å². The molecule has 1 N–H and O–H groups in total. The fraction of sp³-hybridized carbons (Fsp3) is 0.0667. The monoisotopic (exact) mass is 305 g/mol. The first-order valence-electron chi connectivity index (χ1n) is 6.35. The van der Waals surface area contributed by atoms with Crippen LogP contribution in [0.4, 0.5) is 18.9 Å². The molecule has 112 valence electrons. The molecule has 0 bridgehead atoms. The molecule has 2 heterocycles. The van der Waals surface area contributed by atoms with Crippen molar-refractivity contribution < 1.29 is 18.0 Å². The maximum atomic E-state index is 12.5. The summed E-state index contributed by atoms with van der Waals surface area (Å²) in [5.74, 6) is -0.474. The van der Waals surface area contributed by atoms with Gasteiger partial charge in [-0.2, -0.15) is 18.3 Å². The van der Waals surface area contributed by atoms with Gasteiger partial charge in [-0.1, -0.05) is 0 Å². The normalized spacial score (nSPS) is 11.6. The predicted octanol–water partition coefficient (Wildman–Crippen LogP) is 3.61. The summed E-state index contributed by atoms with van der Waals surface area (Å²) in [5, 5.41) is 6.66. The maximum absolute atomic E-state index is 12.5. The first kappa shape index (κ1) is 14.1. The standard InChI is InChI=1S/C15H10F3N3O/c16-15(17,18)11-3-1-10(2-4-11)14(22)20-12-6-8-21-13(9-12)5-7-19-21/h1-9H,(H,20,22). The molecule has 0 atom stereocenters. The summed E-state index contributed by atoms with van der Waals surface area (Å²) >= 11 is 0. The Bertz CT molecular complexity index is 822. The molecular weight excluding hydrogens is 295 g/mol.